The van der Waals surface area contributed by atoms with Crippen LogP contribution < -0.4 is 4.74 Å². The second-order valence-electron chi connectivity index (χ2n) is 2.27. The number of aromatic hydroxyl groups is 1. The van der Waals surface area contributed by atoms with Crippen LogP contribution in [0.3, 0.4) is 0 Å². The van der Waals surface area contributed by atoms with Crippen LogP contribution in [-0.4, -0.2) is 12.2 Å². The van der Waals surface area contributed by atoms with E-state index >= 15 is 0 Å². The lowest BCUT2D eigenvalue weighted by molar-refractivity contribution is 0.394. The van der Waals surface area contributed by atoms with E-state index in [2.05, 4.69) is 0 Å². The molecule has 0 aromatic heterocycles. The molecular weight excluding hydrogens is 147 g/mol. The van der Waals surface area contributed by atoms with Crippen LogP contribution in [0.1, 0.15) is 5.56 Å². The third-order valence-electron chi connectivity index (χ3n) is 1.46. The van der Waals surface area contributed by atoms with E-state index in [4.69, 9.17) is 9.84 Å². The van der Waals surface area contributed by atoms with Crippen molar-refractivity contribution >= 4 is 0 Å². The number of halogens is 1. The Kier molecular flexibility index (Phi) is 1.98. The van der Waals surface area contributed by atoms with E-state index in [1.807, 2.05) is 0 Å². The number of hydrogen-bond acceptors (Lipinski definition) is 2. The van der Waals surface area contributed by atoms with Gasteiger partial charge in [-0.05, 0) is 18.6 Å². The Hall–Kier alpha value is -1.25. The molecule has 0 atom stereocenters. The summed E-state index contributed by atoms with van der Waals surface area (Å²) in [6, 6.07) is 2.48. The highest BCUT2D eigenvalue weighted by molar-refractivity contribution is 5.40. The van der Waals surface area contributed by atoms with Crippen LogP contribution in [0, 0.1) is 12.7 Å². The summed E-state index contributed by atoms with van der Waals surface area (Å²) in [6.07, 6.45) is 0. The van der Waals surface area contributed by atoms with E-state index in [0.29, 0.717) is 11.3 Å². The molecule has 0 fully saturated rings. The highest BCUT2D eigenvalue weighted by Crippen LogP contribution is 2.25. The monoisotopic (exact) mass is 156 g/mol. The average Bonchev–Trinajstić information content (AvgIpc) is 1.97. The number of benzene rings is 1. The first kappa shape index (κ1) is 7.85. The molecule has 1 aromatic carbocycles. The summed E-state index contributed by atoms with van der Waals surface area (Å²) in [7, 11) is 1.47. The number of hydrogen-bond donors (Lipinski definition) is 1. The summed E-state index contributed by atoms with van der Waals surface area (Å²) in [4.78, 5) is 0. The number of phenolic OH excluding ortho intramolecular Hbond substituents is 1. The molecule has 0 radical (unpaired) electrons. The molecule has 0 amide bonds. The van der Waals surface area contributed by atoms with Gasteiger partial charge in [-0.2, -0.15) is 0 Å². The molecular formula is C8H9FO2. The molecule has 0 aliphatic carbocycles. The molecule has 60 valence electrons. The lowest BCUT2D eigenvalue weighted by Crippen LogP contribution is -1.88. The Bertz CT molecular complexity index is 271. The molecule has 0 heterocycles. The van der Waals surface area contributed by atoms with Crippen molar-refractivity contribution in [2.45, 2.75) is 6.92 Å². The fraction of sp³-hybridized carbons (Fsp3) is 0.250. The summed E-state index contributed by atoms with van der Waals surface area (Å²) in [5.74, 6) is -0.514. The summed E-state index contributed by atoms with van der Waals surface area (Å²) in [6.45, 7) is 1.71. The van der Waals surface area contributed by atoms with Gasteiger partial charge in [-0.15, -0.1) is 0 Å². The predicted octanol–water partition coefficient (Wildman–Crippen LogP) is 1.85. The highest BCUT2D eigenvalue weighted by atomic mass is 19.1. The van der Waals surface area contributed by atoms with E-state index < -0.39 is 5.82 Å². The second-order valence-corrected chi connectivity index (χ2v) is 2.27. The summed E-state index contributed by atoms with van der Waals surface area (Å²) >= 11 is 0. The van der Waals surface area contributed by atoms with Crippen molar-refractivity contribution in [1.29, 1.82) is 0 Å². The molecule has 3 heteroatoms. The summed E-state index contributed by atoms with van der Waals surface area (Å²) < 4.78 is 17.4. The number of aryl methyl sites for hydroxylation is 1. The Morgan fingerprint density at radius 1 is 1.45 bits per heavy atom. The SMILES string of the molecule is COc1cc(O)c(F)cc1C. The minimum Gasteiger partial charge on any atom is -0.505 e. The maximum atomic E-state index is 12.6. The summed E-state index contributed by atoms with van der Waals surface area (Å²) in [5.41, 5.74) is 0.669. The van der Waals surface area contributed by atoms with Gasteiger partial charge in [-0.25, -0.2) is 4.39 Å². The second kappa shape index (κ2) is 2.78. The third kappa shape index (κ3) is 1.42. The molecule has 1 rings (SSSR count). The molecule has 0 aliphatic rings. The molecule has 0 unspecified atom stereocenters. The van der Waals surface area contributed by atoms with Gasteiger partial charge >= 0.3 is 0 Å². The van der Waals surface area contributed by atoms with E-state index in [-0.39, 0.29) is 5.75 Å². The Balaban J connectivity index is 3.21. The maximum Gasteiger partial charge on any atom is 0.165 e. The van der Waals surface area contributed by atoms with Gasteiger partial charge in [-0.3, -0.25) is 0 Å². The van der Waals surface area contributed by atoms with Crippen LogP contribution in [0.4, 0.5) is 4.39 Å². The minimum absolute atomic E-state index is 0.382. The highest BCUT2D eigenvalue weighted by Gasteiger charge is 2.04. The van der Waals surface area contributed by atoms with Gasteiger partial charge in [0.25, 0.3) is 0 Å². The molecule has 2 nitrogen and oxygen atoms in total. The third-order valence-corrected chi connectivity index (χ3v) is 1.46. The minimum atomic E-state index is -0.622. The van der Waals surface area contributed by atoms with Gasteiger partial charge < -0.3 is 9.84 Å². The van der Waals surface area contributed by atoms with Gasteiger partial charge in [0.2, 0.25) is 0 Å². The zero-order valence-electron chi connectivity index (χ0n) is 6.39. The predicted molar refractivity (Wildman–Crippen MR) is 39.4 cm³/mol. The number of ether oxygens (including phenoxy) is 1. The molecule has 0 saturated carbocycles. The van der Waals surface area contributed by atoms with Crippen molar-refractivity contribution in [2.75, 3.05) is 7.11 Å². The van der Waals surface area contributed by atoms with Crippen LogP contribution >= 0.6 is 0 Å². The first-order chi connectivity index (χ1) is 5.15. The molecule has 1 N–H and O–H groups in total. The quantitative estimate of drug-likeness (QED) is 0.672. The topological polar surface area (TPSA) is 29.5 Å². The van der Waals surface area contributed by atoms with Gasteiger partial charge in [-0.1, -0.05) is 0 Å². The normalized spacial score (nSPS) is 9.73. The van der Waals surface area contributed by atoms with Crippen LogP contribution in [0.5, 0.6) is 11.5 Å². The number of rotatable bonds is 1. The molecule has 11 heavy (non-hydrogen) atoms. The smallest absolute Gasteiger partial charge is 0.165 e. The molecule has 0 saturated heterocycles. The van der Waals surface area contributed by atoms with E-state index in [9.17, 15) is 4.39 Å². The number of methoxy groups -OCH3 is 1. The summed E-state index contributed by atoms with van der Waals surface area (Å²) in [5, 5.41) is 8.90. The fourth-order valence-electron chi connectivity index (χ4n) is 0.862. The fourth-order valence-corrected chi connectivity index (χ4v) is 0.862. The Labute approximate surface area is 64.2 Å². The van der Waals surface area contributed by atoms with Crippen LogP contribution in [0.15, 0.2) is 12.1 Å². The van der Waals surface area contributed by atoms with Crippen LogP contribution in [-0.2, 0) is 0 Å². The largest absolute Gasteiger partial charge is 0.505 e. The Morgan fingerprint density at radius 2 is 2.09 bits per heavy atom. The molecule has 0 bridgehead atoms. The maximum absolute atomic E-state index is 12.6. The lowest BCUT2D eigenvalue weighted by Gasteiger charge is -2.04. The molecule has 0 spiro atoms. The average molecular weight is 156 g/mol. The van der Waals surface area contributed by atoms with Gasteiger partial charge in [0, 0.05) is 6.07 Å². The lowest BCUT2D eigenvalue weighted by atomic mass is 10.2. The first-order valence-corrected chi connectivity index (χ1v) is 3.18. The van der Waals surface area contributed by atoms with Gasteiger partial charge in [0.15, 0.2) is 11.6 Å². The van der Waals surface area contributed by atoms with Gasteiger partial charge in [0.1, 0.15) is 5.75 Å². The van der Waals surface area contributed by atoms with E-state index in [1.54, 1.807) is 6.92 Å². The molecule has 0 aliphatic heterocycles. The van der Waals surface area contributed by atoms with Crippen molar-refractivity contribution in [3.8, 4) is 11.5 Å². The van der Waals surface area contributed by atoms with Gasteiger partial charge in [0.05, 0.1) is 7.11 Å². The van der Waals surface area contributed by atoms with E-state index in [1.165, 1.54) is 19.2 Å². The van der Waals surface area contributed by atoms with Crippen molar-refractivity contribution in [1.82, 2.24) is 0 Å². The zero-order chi connectivity index (χ0) is 8.43. The van der Waals surface area contributed by atoms with Crippen LogP contribution in [0.2, 0.25) is 0 Å². The Morgan fingerprint density at radius 3 is 2.64 bits per heavy atom. The van der Waals surface area contributed by atoms with Crippen molar-refractivity contribution in [2.24, 2.45) is 0 Å². The van der Waals surface area contributed by atoms with Crippen molar-refractivity contribution in [3.63, 3.8) is 0 Å². The van der Waals surface area contributed by atoms with Crippen LogP contribution in [0.25, 0.3) is 0 Å². The molecule has 1 aromatic rings. The number of phenols is 1. The standard InChI is InChI=1S/C8H9FO2/c1-5-3-6(9)7(10)4-8(5)11-2/h3-4,10H,1-2H3. The van der Waals surface area contributed by atoms with Crippen molar-refractivity contribution < 1.29 is 14.2 Å². The van der Waals surface area contributed by atoms with E-state index in [0.717, 1.165) is 0 Å². The first-order valence-electron chi connectivity index (χ1n) is 3.18. The van der Waals surface area contributed by atoms with Crippen molar-refractivity contribution in [3.05, 3.63) is 23.5 Å². The zero-order valence-corrected chi connectivity index (χ0v) is 6.39.